The highest BCUT2D eigenvalue weighted by atomic mass is 35.5. The number of anilines is 1. The maximum atomic E-state index is 12.8. The Kier molecular flexibility index (Phi) is 7.78. The number of hydrogen-bond acceptors (Lipinski definition) is 6. The van der Waals surface area contributed by atoms with E-state index in [9.17, 15) is 13.2 Å². The first-order valence-electron chi connectivity index (χ1n) is 9.57. The summed E-state index contributed by atoms with van der Waals surface area (Å²) in [6.07, 6.45) is 1.67. The fourth-order valence-corrected chi connectivity index (χ4v) is 4.75. The van der Waals surface area contributed by atoms with Crippen molar-refractivity contribution in [2.75, 3.05) is 39.1 Å². The Bertz CT molecular complexity index is 1240. The van der Waals surface area contributed by atoms with E-state index in [-0.39, 0.29) is 22.2 Å². The fourth-order valence-electron chi connectivity index (χ4n) is 3.04. The van der Waals surface area contributed by atoms with Crippen LogP contribution in [0, 0.1) is 0 Å². The van der Waals surface area contributed by atoms with Crippen LogP contribution in [-0.2, 0) is 14.8 Å². The maximum Gasteiger partial charge on any atom is 0.247 e. The Labute approximate surface area is 196 Å². The molecule has 0 fully saturated rings. The molecule has 3 rings (SSSR count). The zero-order chi connectivity index (χ0) is 23.3. The predicted molar refractivity (Wildman–Crippen MR) is 126 cm³/mol. The van der Waals surface area contributed by atoms with Gasteiger partial charge in [0.2, 0.25) is 15.9 Å². The molecule has 11 heteroatoms. The van der Waals surface area contributed by atoms with Crippen LogP contribution in [0.15, 0.2) is 53.6 Å². The number of halogens is 2. The summed E-state index contributed by atoms with van der Waals surface area (Å²) in [6.45, 7) is 0.380. The number of benzene rings is 2. The number of likely N-dealkylation sites (N-methyl/N-ethyl adjacent to an activating group) is 1. The number of methoxy groups -OCH3 is 1. The van der Waals surface area contributed by atoms with Gasteiger partial charge in [-0.25, -0.2) is 8.42 Å². The molecule has 8 nitrogen and oxygen atoms in total. The Morgan fingerprint density at radius 3 is 2.56 bits per heavy atom. The lowest BCUT2D eigenvalue weighted by molar-refractivity contribution is -0.121. The number of nitrogens with one attached hydrogen (secondary N) is 2. The first kappa shape index (κ1) is 24.1. The highest BCUT2D eigenvalue weighted by molar-refractivity contribution is 7.89. The number of carbonyl (C=O) groups is 1. The molecule has 0 saturated carbocycles. The van der Waals surface area contributed by atoms with E-state index in [0.717, 1.165) is 20.9 Å². The van der Waals surface area contributed by atoms with E-state index in [1.165, 1.54) is 32.4 Å². The lowest BCUT2D eigenvalue weighted by Crippen LogP contribution is -2.39. The van der Waals surface area contributed by atoms with Gasteiger partial charge in [0.05, 0.1) is 19.2 Å². The van der Waals surface area contributed by atoms with Gasteiger partial charge in [0.25, 0.3) is 0 Å². The van der Waals surface area contributed by atoms with Crippen molar-refractivity contribution in [3.8, 4) is 5.75 Å². The standard InChI is InChI=1S/C21H22Cl2N4O4S/c1-27(32(29,30)20-12-15(23)4-6-19(20)31-2)13-21(28)26-10-9-25-17-7-8-24-18-11-14(22)3-5-16(17)18/h3-8,11-12H,9-10,13H2,1-2H3,(H,24,25)(H,26,28). The second-order valence-electron chi connectivity index (χ2n) is 6.85. The molecule has 1 heterocycles. The number of nitrogens with zero attached hydrogens (tertiary/aromatic N) is 2. The lowest BCUT2D eigenvalue weighted by Gasteiger charge is -2.19. The van der Waals surface area contributed by atoms with Crippen LogP contribution in [0.5, 0.6) is 5.75 Å². The van der Waals surface area contributed by atoms with Gasteiger partial charge in [-0.1, -0.05) is 23.2 Å². The Morgan fingerprint density at radius 1 is 1.09 bits per heavy atom. The van der Waals surface area contributed by atoms with Gasteiger partial charge in [0.15, 0.2) is 0 Å². The maximum absolute atomic E-state index is 12.8. The highest BCUT2D eigenvalue weighted by Gasteiger charge is 2.26. The number of rotatable bonds is 9. The Morgan fingerprint density at radius 2 is 1.81 bits per heavy atom. The van der Waals surface area contributed by atoms with E-state index in [2.05, 4.69) is 15.6 Å². The van der Waals surface area contributed by atoms with Crippen molar-refractivity contribution in [2.45, 2.75) is 4.90 Å². The van der Waals surface area contributed by atoms with Gasteiger partial charge in [0.1, 0.15) is 10.6 Å². The third kappa shape index (κ3) is 5.60. The molecule has 0 aliphatic heterocycles. The minimum Gasteiger partial charge on any atom is -0.495 e. The third-order valence-electron chi connectivity index (χ3n) is 4.65. The summed E-state index contributed by atoms with van der Waals surface area (Å²) < 4.78 is 31.7. The fraction of sp³-hybridized carbons (Fsp3) is 0.238. The number of sulfonamides is 1. The van der Waals surface area contributed by atoms with E-state index < -0.39 is 15.9 Å². The molecule has 1 aromatic heterocycles. The van der Waals surface area contributed by atoms with Gasteiger partial charge < -0.3 is 15.4 Å². The molecule has 3 aromatic rings. The predicted octanol–water partition coefficient (Wildman–Crippen LogP) is 3.40. The summed E-state index contributed by atoms with van der Waals surface area (Å²) in [5.74, 6) is -0.290. The molecular formula is C21H22Cl2N4O4S. The van der Waals surface area contributed by atoms with Gasteiger partial charge >= 0.3 is 0 Å². The molecule has 0 unspecified atom stereocenters. The number of fused-ring (bicyclic) bond motifs is 1. The molecular weight excluding hydrogens is 475 g/mol. The smallest absolute Gasteiger partial charge is 0.247 e. The molecule has 0 radical (unpaired) electrons. The molecule has 2 N–H and O–H groups in total. The molecule has 0 atom stereocenters. The zero-order valence-electron chi connectivity index (χ0n) is 17.4. The number of carbonyl (C=O) groups excluding carboxylic acids is 1. The monoisotopic (exact) mass is 496 g/mol. The lowest BCUT2D eigenvalue weighted by atomic mass is 10.2. The minimum absolute atomic E-state index is 0.103. The molecule has 1 amide bonds. The van der Waals surface area contributed by atoms with Crippen molar-refractivity contribution in [1.29, 1.82) is 0 Å². The SMILES string of the molecule is COc1ccc(Cl)cc1S(=O)(=O)N(C)CC(=O)NCCNc1ccnc2cc(Cl)ccc12. The summed E-state index contributed by atoms with van der Waals surface area (Å²) in [6, 6.07) is 11.5. The Balaban J connectivity index is 1.56. The van der Waals surface area contributed by atoms with Gasteiger partial charge in [-0.2, -0.15) is 4.31 Å². The minimum atomic E-state index is -3.97. The van der Waals surface area contributed by atoms with Gasteiger partial charge in [-0.3, -0.25) is 9.78 Å². The summed E-state index contributed by atoms with van der Waals surface area (Å²) in [5, 5.41) is 7.69. The van der Waals surface area contributed by atoms with Crippen molar-refractivity contribution in [3.05, 3.63) is 58.7 Å². The molecule has 0 bridgehead atoms. The zero-order valence-corrected chi connectivity index (χ0v) is 19.8. The van der Waals surface area contributed by atoms with Crippen LogP contribution in [0.2, 0.25) is 10.0 Å². The van der Waals surface area contributed by atoms with Crippen molar-refractivity contribution >= 4 is 55.7 Å². The van der Waals surface area contributed by atoms with Gasteiger partial charge in [0, 0.05) is 47.5 Å². The summed E-state index contributed by atoms with van der Waals surface area (Å²) >= 11 is 11.9. The normalized spacial score (nSPS) is 11.5. The Hall–Kier alpha value is -2.59. The van der Waals surface area contributed by atoms with E-state index in [1.807, 2.05) is 12.1 Å². The molecule has 0 aliphatic rings. The van der Waals surface area contributed by atoms with E-state index in [4.69, 9.17) is 27.9 Å². The van der Waals surface area contributed by atoms with Gasteiger partial charge in [-0.15, -0.1) is 0 Å². The first-order chi connectivity index (χ1) is 15.2. The highest BCUT2D eigenvalue weighted by Crippen LogP contribution is 2.29. The number of amides is 1. The van der Waals surface area contributed by atoms with Crippen LogP contribution >= 0.6 is 23.2 Å². The average molecular weight is 497 g/mol. The van der Waals surface area contributed by atoms with Crippen LogP contribution in [0.25, 0.3) is 10.9 Å². The third-order valence-corrected chi connectivity index (χ3v) is 6.94. The van der Waals surface area contributed by atoms with Gasteiger partial charge in [-0.05, 0) is 42.5 Å². The van der Waals surface area contributed by atoms with E-state index >= 15 is 0 Å². The quantitative estimate of drug-likeness (QED) is 0.440. The van der Waals surface area contributed by atoms with E-state index in [1.54, 1.807) is 18.3 Å². The largest absolute Gasteiger partial charge is 0.495 e. The summed E-state index contributed by atoms with van der Waals surface area (Å²) in [7, 11) is -1.29. The van der Waals surface area contributed by atoms with Crippen LogP contribution in [0.4, 0.5) is 5.69 Å². The van der Waals surface area contributed by atoms with Crippen molar-refractivity contribution in [3.63, 3.8) is 0 Å². The topological polar surface area (TPSA) is 101 Å². The summed E-state index contributed by atoms with van der Waals surface area (Å²) in [4.78, 5) is 16.5. The average Bonchev–Trinajstić information content (AvgIpc) is 2.76. The van der Waals surface area contributed by atoms with Crippen LogP contribution in [0.3, 0.4) is 0 Å². The molecule has 170 valence electrons. The molecule has 32 heavy (non-hydrogen) atoms. The number of ether oxygens (including phenoxy) is 1. The van der Waals surface area contributed by atoms with E-state index in [0.29, 0.717) is 18.1 Å². The van der Waals surface area contributed by atoms with Crippen LogP contribution < -0.4 is 15.4 Å². The second-order valence-corrected chi connectivity index (χ2v) is 9.74. The van der Waals surface area contributed by atoms with Crippen molar-refractivity contribution < 1.29 is 17.9 Å². The number of pyridine rings is 1. The molecule has 2 aromatic carbocycles. The second kappa shape index (κ2) is 10.4. The first-order valence-corrected chi connectivity index (χ1v) is 11.8. The molecule has 0 aliphatic carbocycles. The van der Waals surface area contributed by atoms with Crippen LogP contribution in [-0.4, -0.2) is 57.4 Å². The molecule has 0 spiro atoms. The number of hydrogen-bond donors (Lipinski definition) is 2. The summed E-state index contributed by atoms with van der Waals surface area (Å²) in [5.41, 5.74) is 1.61. The van der Waals surface area contributed by atoms with Crippen LogP contribution in [0.1, 0.15) is 0 Å². The molecule has 0 saturated heterocycles. The number of aromatic nitrogens is 1. The van der Waals surface area contributed by atoms with Crippen molar-refractivity contribution in [1.82, 2.24) is 14.6 Å². The van der Waals surface area contributed by atoms with Crippen molar-refractivity contribution in [2.24, 2.45) is 0 Å².